The van der Waals surface area contributed by atoms with Crippen molar-refractivity contribution in [2.24, 2.45) is 0 Å². The van der Waals surface area contributed by atoms with E-state index in [2.05, 4.69) is 19.4 Å². The number of hydrogen-bond acceptors (Lipinski definition) is 6. The lowest BCUT2D eigenvalue weighted by atomic mass is 10.3. The van der Waals surface area contributed by atoms with Crippen molar-refractivity contribution in [1.82, 2.24) is 9.97 Å². The molecule has 3 aromatic rings. The molecule has 0 fully saturated rings. The molecule has 2 aromatic carbocycles. The molecular weight excluding hydrogens is 424 g/mol. The van der Waals surface area contributed by atoms with Crippen LogP contribution in [0.5, 0.6) is 0 Å². The maximum absolute atomic E-state index is 12.4. The number of benzene rings is 2. The fraction of sp³-hybridized carbons (Fsp3) is 0.0588. The van der Waals surface area contributed by atoms with Gasteiger partial charge in [-0.3, -0.25) is 0 Å². The van der Waals surface area contributed by atoms with Gasteiger partial charge in [0.15, 0.2) is 0 Å². The predicted molar refractivity (Wildman–Crippen MR) is 106 cm³/mol. The number of hydrogen-bond donors (Lipinski definition) is 1. The van der Waals surface area contributed by atoms with E-state index in [4.69, 9.17) is 11.6 Å². The lowest BCUT2D eigenvalue weighted by molar-refractivity contribution is 0.600. The third-order valence-corrected chi connectivity index (χ3v) is 6.42. The zero-order chi connectivity index (χ0) is 20.4. The van der Waals surface area contributed by atoms with Gasteiger partial charge < -0.3 is 4.72 Å². The van der Waals surface area contributed by atoms with E-state index in [-0.39, 0.29) is 21.4 Å². The highest BCUT2D eigenvalue weighted by Gasteiger charge is 2.15. The Labute approximate surface area is 167 Å². The second-order valence-electron chi connectivity index (χ2n) is 5.64. The van der Waals surface area contributed by atoms with Crippen molar-refractivity contribution in [2.75, 3.05) is 4.72 Å². The minimum atomic E-state index is -3.95. The number of aromatic nitrogens is 2. The molecule has 28 heavy (non-hydrogen) atoms. The lowest BCUT2D eigenvalue weighted by Gasteiger charge is -2.22. The molecule has 0 aliphatic carbocycles. The molecule has 11 heteroatoms. The Bertz CT molecular complexity index is 1200. The van der Waals surface area contributed by atoms with Gasteiger partial charge in [0.1, 0.15) is 10.0 Å². The van der Waals surface area contributed by atoms with Crippen molar-refractivity contribution in [3.8, 4) is 0 Å². The number of anilines is 1. The van der Waals surface area contributed by atoms with Crippen LogP contribution in [-0.2, 0) is 20.0 Å². The molecule has 0 atom stereocenters. The Hall–Kier alpha value is -2.69. The molecule has 1 aromatic heterocycles. The first-order valence-electron chi connectivity index (χ1n) is 7.82. The van der Waals surface area contributed by atoms with Crippen LogP contribution in [0.25, 0.3) is 4.72 Å². The Morgan fingerprint density at radius 1 is 0.893 bits per heavy atom. The van der Waals surface area contributed by atoms with Gasteiger partial charge in [0.2, 0.25) is 5.95 Å². The number of sulfonamides is 2. The molecule has 1 heterocycles. The van der Waals surface area contributed by atoms with Crippen LogP contribution in [0, 0.1) is 6.92 Å². The van der Waals surface area contributed by atoms with Crippen LogP contribution in [0.2, 0.25) is 5.02 Å². The molecule has 0 saturated carbocycles. The standard InChI is InChI=1S/C17H14ClN4O4S2/c1-12-10-11-19-17(20-12)22-28(25,26)16-8-4-14(5-9-16)21-27(23,24)15-6-2-13(18)3-7-15/h2-11H,1H3,(H,19,20,22)/q-1. The zero-order valence-corrected chi connectivity index (χ0v) is 16.8. The van der Waals surface area contributed by atoms with E-state index in [0.29, 0.717) is 10.7 Å². The summed E-state index contributed by atoms with van der Waals surface area (Å²) in [6.45, 7) is 1.71. The van der Waals surface area contributed by atoms with Crippen LogP contribution in [-0.4, -0.2) is 26.8 Å². The number of aryl methyl sites for hydroxylation is 1. The van der Waals surface area contributed by atoms with Gasteiger partial charge in [0.05, 0.1) is 9.79 Å². The van der Waals surface area contributed by atoms with Crippen molar-refractivity contribution in [3.63, 3.8) is 0 Å². The average Bonchev–Trinajstić information content (AvgIpc) is 2.62. The van der Waals surface area contributed by atoms with Gasteiger partial charge in [-0.1, -0.05) is 23.7 Å². The minimum absolute atomic E-state index is 0.0214. The van der Waals surface area contributed by atoms with E-state index < -0.39 is 20.0 Å². The summed E-state index contributed by atoms with van der Waals surface area (Å²) in [5, 5.41) is 0.401. The Kier molecular flexibility index (Phi) is 5.54. The van der Waals surface area contributed by atoms with Crippen molar-refractivity contribution in [3.05, 3.63) is 76.2 Å². The summed E-state index contributed by atoms with van der Waals surface area (Å²) in [4.78, 5) is 7.72. The van der Waals surface area contributed by atoms with Crippen molar-refractivity contribution in [1.29, 1.82) is 0 Å². The Balaban J connectivity index is 1.78. The van der Waals surface area contributed by atoms with Gasteiger partial charge in [-0.05, 0) is 49.4 Å². The van der Waals surface area contributed by atoms with E-state index in [9.17, 15) is 16.8 Å². The van der Waals surface area contributed by atoms with Gasteiger partial charge in [-0.15, -0.1) is 5.69 Å². The third-order valence-electron chi connectivity index (χ3n) is 3.50. The smallest absolute Gasteiger partial charge is 0.264 e. The highest BCUT2D eigenvalue weighted by molar-refractivity contribution is 7.94. The second-order valence-corrected chi connectivity index (χ2v) is 9.36. The van der Waals surface area contributed by atoms with Crippen LogP contribution in [0.4, 0.5) is 11.6 Å². The van der Waals surface area contributed by atoms with E-state index in [1.807, 2.05) is 0 Å². The summed E-state index contributed by atoms with van der Waals surface area (Å²) >= 11 is 5.75. The lowest BCUT2D eigenvalue weighted by Crippen LogP contribution is -2.15. The fourth-order valence-corrected chi connectivity index (χ4v) is 4.22. The first-order valence-corrected chi connectivity index (χ1v) is 11.1. The highest BCUT2D eigenvalue weighted by atomic mass is 35.5. The molecule has 1 N–H and O–H groups in total. The number of halogens is 1. The molecule has 0 saturated heterocycles. The summed E-state index contributed by atoms with van der Waals surface area (Å²) < 4.78 is 55.4. The molecule has 0 spiro atoms. The first kappa shape index (κ1) is 20.1. The molecule has 3 rings (SSSR count). The summed E-state index contributed by atoms with van der Waals surface area (Å²) in [5.74, 6) is -0.0564. The van der Waals surface area contributed by atoms with E-state index in [0.717, 1.165) is 0 Å². The van der Waals surface area contributed by atoms with Gasteiger partial charge >= 0.3 is 0 Å². The largest absolute Gasteiger partial charge is 0.573 e. The summed E-state index contributed by atoms with van der Waals surface area (Å²) in [7, 11) is -7.88. The SMILES string of the molecule is Cc1ccnc(NS(=O)(=O)c2ccc([N-]S(=O)(=O)c3ccc(Cl)cc3)cc2)n1. The van der Waals surface area contributed by atoms with Crippen LogP contribution in [0.3, 0.4) is 0 Å². The van der Waals surface area contributed by atoms with Crippen LogP contribution in [0.15, 0.2) is 70.6 Å². The number of nitrogens with one attached hydrogen (secondary N) is 1. The molecule has 146 valence electrons. The van der Waals surface area contributed by atoms with E-state index in [1.165, 1.54) is 54.7 Å². The number of nitrogens with zero attached hydrogens (tertiary/aromatic N) is 3. The maximum atomic E-state index is 12.4. The van der Waals surface area contributed by atoms with Crippen LogP contribution < -0.4 is 4.72 Å². The Morgan fingerprint density at radius 3 is 2.11 bits per heavy atom. The summed E-state index contributed by atoms with van der Waals surface area (Å²) in [6.07, 6.45) is 1.43. The molecular formula is C17H14ClN4O4S2-. The van der Waals surface area contributed by atoms with Gasteiger partial charge in [-0.25, -0.2) is 31.5 Å². The monoisotopic (exact) mass is 437 g/mol. The normalized spacial score (nSPS) is 11.8. The topological polar surface area (TPSA) is 120 Å². The molecule has 0 aliphatic heterocycles. The second kappa shape index (κ2) is 7.74. The Morgan fingerprint density at radius 2 is 1.50 bits per heavy atom. The quantitative estimate of drug-likeness (QED) is 0.628. The third kappa shape index (κ3) is 4.77. The van der Waals surface area contributed by atoms with Crippen LogP contribution in [0.1, 0.15) is 5.69 Å². The summed E-state index contributed by atoms with van der Waals surface area (Å²) in [5.41, 5.74) is 0.690. The molecule has 0 bridgehead atoms. The molecule has 0 amide bonds. The minimum Gasteiger partial charge on any atom is -0.573 e. The van der Waals surface area contributed by atoms with Crippen LogP contribution >= 0.6 is 11.6 Å². The van der Waals surface area contributed by atoms with E-state index in [1.54, 1.807) is 13.0 Å². The summed E-state index contributed by atoms with van der Waals surface area (Å²) in [6, 6.07) is 12.3. The van der Waals surface area contributed by atoms with Gasteiger partial charge in [0.25, 0.3) is 10.0 Å². The number of rotatable bonds is 6. The van der Waals surface area contributed by atoms with Gasteiger partial charge in [0, 0.05) is 16.9 Å². The van der Waals surface area contributed by atoms with Gasteiger partial charge in [-0.2, -0.15) is 0 Å². The van der Waals surface area contributed by atoms with E-state index >= 15 is 0 Å². The predicted octanol–water partition coefficient (Wildman–Crippen LogP) is 3.63. The van der Waals surface area contributed by atoms with Crippen molar-refractivity contribution in [2.45, 2.75) is 16.7 Å². The molecule has 0 unspecified atom stereocenters. The molecule has 0 aliphatic rings. The molecule has 8 nitrogen and oxygen atoms in total. The first-order chi connectivity index (χ1) is 13.2. The van der Waals surface area contributed by atoms with Crippen molar-refractivity contribution >= 4 is 43.3 Å². The average molecular weight is 438 g/mol. The fourth-order valence-electron chi connectivity index (χ4n) is 2.16. The zero-order valence-electron chi connectivity index (χ0n) is 14.4. The highest BCUT2D eigenvalue weighted by Crippen LogP contribution is 2.29. The molecule has 0 radical (unpaired) electrons. The maximum Gasteiger partial charge on any atom is 0.264 e. The van der Waals surface area contributed by atoms with Crippen molar-refractivity contribution < 1.29 is 16.8 Å².